The molecule has 7 unspecified atom stereocenters. The van der Waals surface area contributed by atoms with Crippen molar-refractivity contribution in [2.24, 2.45) is 17.8 Å². The summed E-state index contributed by atoms with van der Waals surface area (Å²) >= 11 is 0. The fourth-order valence-corrected chi connectivity index (χ4v) is 4.93. The minimum atomic E-state index is -1.01. The Labute approximate surface area is 251 Å². The topological polar surface area (TPSA) is 149 Å². The van der Waals surface area contributed by atoms with Crippen LogP contribution in [0.2, 0.25) is 0 Å². The fourth-order valence-electron chi connectivity index (χ4n) is 4.93. The molecule has 0 radical (unpaired) electrons. The number of cyclic esters (lactones) is 1. The van der Waals surface area contributed by atoms with E-state index in [9.17, 15) is 24.0 Å². The summed E-state index contributed by atoms with van der Waals surface area (Å²) in [7, 11) is 0. The zero-order chi connectivity index (χ0) is 30.9. The van der Waals surface area contributed by atoms with E-state index < -0.39 is 42.1 Å². The van der Waals surface area contributed by atoms with E-state index in [1.54, 1.807) is 0 Å². The van der Waals surface area contributed by atoms with Crippen LogP contribution in [0.25, 0.3) is 0 Å². The Balaban J connectivity index is 1.31. The number of esters is 2. The molecule has 4 rings (SSSR count). The van der Waals surface area contributed by atoms with Crippen molar-refractivity contribution in [3.05, 3.63) is 71.8 Å². The minimum Gasteiger partial charge on any atom is -0.459 e. The third-order valence-electron chi connectivity index (χ3n) is 7.91. The predicted octanol–water partition coefficient (Wildman–Crippen LogP) is 3.01. The van der Waals surface area contributed by atoms with Crippen LogP contribution in [0.1, 0.15) is 51.2 Å². The van der Waals surface area contributed by atoms with Crippen LogP contribution >= 0.6 is 0 Å². The Morgan fingerprint density at radius 2 is 1.51 bits per heavy atom. The average Bonchev–Trinajstić information content (AvgIpc) is 3.74. The Morgan fingerprint density at radius 3 is 2.09 bits per heavy atom. The van der Waals surface area contributed by atoms with Gasteiger partial charge in [0.1, 0.15) is 31.2 Å². The van der Waals surface area contributed by atoms with Crippen LogP contribution in [0.4, 0.5) is 4.79 Å². The third-order valence-corrected chi connectivity index (χ3v) is 7.91. The van der Waals surface area contributed by atoms with E-state index in [4.69, 9.17) is 14.2 Å². The van der Waals surface area contributed by atoms with Crippen LogP contribution in [0, 0.1) is 17.8 Å². The lowest BCUT2D eigenvalue weighted by molar-refractivity contribution is -0.193. The van der Waals surface area contributed by atoms with Gasteiger partial charge in [0.25, 0.3) is 5.91 Å². The molecule has 2 aromatic rings. The minimum absolute atomic E-state index is 0.0252. The summed E-state index contributed by atoms with van der Waals surface area (Å²) in [5.41, 5.74) is 1.59. The molecule has 1 saturated carbocycles. The van der Waals surface area contributed by atoms with E-state index in [2.05, 4.69) is 16.0 Å². The number of alkyl carbamates (subject to hydrolysis) is 1. The van der Waals surface area contributed by atoms with Crippen LogP contribution in [-0.4, -0.2) is 54.1 Å². The quantitative estimate of drug-likeness (QED) is 0.224. The monoisotopic (exact) mass is 593 g/mol. The zero-order valence-electron chi connectivity index (χ0n) is 24.6. The molecule has 3 amide bonds. The second-order valence-electron chi connectivity index (χ2n) is 11.2. The van der Waals surface area contributed by atoms with Gasteiger partial charge in [-0.2, -0.15) is 0 Å². The lowest BCUT2D eigenvalue weighted by Crippen LogP contribution is -2.56. The lowest BCUT2D eigenvalue weighted by atomic mass is 9.83. The second kappa shape index (κ2) is 14.7. The van der Waals surface area contributed by atoms with Crippen molar-refractivity contribution < 1.29 is 38.2 Å². The van der Waals surface area contributed by atoms with Crippen molar-refractivity contribution in [1.29, 1.82) is 0 Å². The predicted molar refractivity (Wildman–Crippen MR) is 155 cm³/mol. The van der Waals surface area contributed by atoms with Gasteiger partial charge in [0.05, 0.1) is 0 Å². The summed E-state index contributed by atoms with van der Waals surface area (Å²) in [4.78, 5) is 63.0. The SMILES string of the molecule is CCC(C)C1C(=O)OC1C(=O)NC1CC1CC(NC(=O)C(C)NC(=O)OCc1ccccc1)C(=O)OCc1ccccc1. The van der Waals surface area contributed by atoms with E-state index in [0.29, 0.717) is 6.42 Å². The molecule has 2 fully saturated rings. The van der Waals surface area contributed by atoms with Gasteiger partial charge in [-0.05, 0) is 42.7 Å². The summed E-state index contributed by atoms with van der Waals surface area (Å²) in [6.07, 6.45) is -0.0247. The highest BCUT2D eigenvalue weighted by Crippen LogP contribution is 2.37. The molecule has 0 bridgehead atoms. The van der Waals surface area contributed by atoms with Gasteiger partial charge in [0.2, 0.25) is 5.91 Å². The lowest BCUT2D eigenvalue weighted by Gasteiger charge is -2.37. The Morgan fingerprint density at radius 1 is 0.907 bits per heavy atom. The van der Waals surface area contributed by atoms with Gasteiger partial charge < -0.3 is 30.2 Å². The number of benzene rings is 2. The van der Waals surface area contributed by atoms with Crippen LogP contribution in [0.5, 0.6) is 0 Å². The first-order valence-corrected chi connectivity index (χ1v) is 14.6. The maximum Gasteiger partial charge on any atom is 0.408 e. The van der Waals surface area contributed by atoms with Crippen molar-refractivity contribution in [3.8, 4) is 0 Å². The van der Waals surface area contributed by atoms with Crippen molar-refractivity contribution in [2.45, 2.75) is 77.5 Å². The summed E-state index contributed by atoms with van der Waals surface area (Å²) in [6.45, 7) is 5.43. The van der Waals surface area contributed by atoms with Crippen LogP contribution in [0.15, 0.2) is 60.7 Å². The zero-order valence-corrected chi connectivity index (χ0v) is 24.6. The summed E-state index contributed by atoms with van der Waals surface area (Å²) in [5, 5.41) is 8.08. The fraction of sp³-hybridized carbons (Fsp3) is 0.469. The number of hydrogen-bond donors (Lipinski definition) is 3. The van der Waals surface area contributed by atoms with Crippen molar-refractivity contribution in [3.63, 3.8) is 0 Å². The molecule has 1 aliphatic heterocycles. The van der Waals surface area contributed by atoms with Gasteiger partial charge in [-0.3, -0.25) is 14.4 Å². The van der Waals surface area contributed by atoms with Crippen molar-refractivity contribution >= 4 is 29.8 Å². The largest absolute Gasteiger partial charge is 0.459 e. The van der Waals surface area contributed by atoms with Gasteiger partial charge in [-0.25, -0.2) is 9.59 Å². The molecule has 0 aromatic heterocycles. The maximum atomic E-state index is 13.1. The van der Waals surface area contributed by atoms with E-state index in [1.165, 1.54) is 6.92 Å². The van der Waals surface area contributed by atoms with Gasteiger partial charge in [-0.15, -0.1) is 0 Å². The number of hydrogen-bond acceptors (Lipinski definition) is 8. The molecule has 0 spiro atoms. The molecular weight excluding hydrogens is 554 g/mol. The number of nitrogens with one attached hydrogen (secondary N) is 3. The molecule has 2 aliphatic rings. The standard InChI is InChI=1S/C32H39N3O8/c1-4-19(2)26-27(43-31(26)39)29(37)34-24-15-23(24)16-25(30(38)41-17-21-11-7-5-8-12-21)35-28(36)20(3)33-32(40)42-18-22-13-9-6-10-14-22/h5-14,19-20,23-27H,4,15-18H2,1-3H3,(H,33,40)(H,34,37)(H,35,36). The first-order valence-electron chi connectivity index (χ1n) is 14.6. The van der Waals surface area contributed by atoms with Gasteiger partial charge in [-0.1, -0.05) is 80.9 Å². The van der Waals surface area contributed by atoms with Crippen LogP contribution in [-0.2, 0) is 46.6 Å². The number of amides is 3. The number of ether oxygens (including phenoxy) is 3. The molecule has 3 N–H and O–H groups in total. The highest BCUT2D eigenvalue weighted by molar-refractivity contribution is 5.94. The molecule has 2 aromatic carbocycles. The van der Waals surface area contributed by atoms with Crippen LogP contribution in [0.3, 0.4) is 0 Å². The van der Waals surface area contributed by atoms with E-state index >= 15 is 0 Å². The van der Waals surface area contributed by atoms with Gasteiger partial charge in [0, 0.05) is 6.04 Å². The van der Waals surface area contributed by atoms with Crippen molar-refractivity contribution in [1.82, 2.24) is 16.0 Å². The van der Waals surface area contributed by atoms with Crippen molar-refractivity contribution in [2.75, 3.05) is 0 Å². The Bertz CT molecular complexity index is 1290. The molecule has 11 nitrogen and oxygen atoms in total. The van der Waals surface area contributed by atoms with Gasteiger partial charge in [0.15, 0.2) is 6.10 Å². The highest BCUT2D eigenvalue weighted by atomic mass is 16.6. The molecule has 1 aliphatic carbocycles. The first-order chi connectivity index (χ1) is 20.7. The highest BCUT2D eigenvalue weighted by Gasteiger charge is 2.51. The Kier molecular flexibility index (Phi) is 10.7. The Hall–Kier alpha value is -4.41. The molecule has 1 heterocycles. The molecule has 43 heavy (non-hydrogen) atoms. The second-order valence-corrected chi connectivity index (χ2v) is 11.2. The van der Waals surface area contributed by atoms with Crippen LogP contribution < -0.4 is 16.0 Å². The van der Waals surface area contributed by atoms with E-state index in [-0.39, 0.29) is 49.4 Å². The van der Waals surface area contributed by atoms with E-state index in [1.807, 2.05) is 74.5 Å². The summed E-state index contributed by atoms with van der Waals surface area (Å²) in [5.74, 6) is -2.47. The summed E-state index contributed by atoms with van der Waals surface area (Å²) < 4.78 is 15.8. The molecule has 7 atom stereocenters. The smallest absolute Gasteiger partial charge is 0.408 e. The number of carbonyl (C=O) groups excluding carboxylic acids is 5. The van der Waals surface area contributed by atoms with E-state index in [0.717, 1.165) is 17.5 Å². The number of rotatable bonds is 14. The summed E-state index contributed by atoms with van der Waals surface area (Å²) in [6, 6.07) is 16.0. The molecule has 11 heteroatoms. The molecule has 230 valence electrons. The normalized spacial score (nSPS) is 22.4. The maximum absolute atomic E-state index is 13.1. The number of carbonyl (C=O) groups is 5. The van der Waals surface area contributed by atoms with Gasteiger partial charge >= 0.3 is 18.0 Å². The molecule has 1 saturated heterocycles. The first kappa shape index (κ1) is 31.5. The molecular formula is C32H39N3O8. The average molecular weight is 594 g/mol. The third kappa shape index (κ3) is 8.79.